The minimum absolute atomic E-state index is 0.750. The molecule has 0 amide bonds. The predicted octanol–water partition coefficient (Wildman–Crippen LogP) is 2.89. The van der Waals surface area contributed by atoms with Gasteiger partial charge in [-0.15, -0.1) is 0 Å². The van der Waals surface area contributed by atoms with Gasteiger partial charge in [-0.05, 0) is 24.6 Å². The van der Waals surface area contributed by atoms with Gasteiger partial charge in [-0.1, -0.05) is 24.3 Å². The summed E-state index contributed by atoms with van der Waals surface area (Å²) in [7, 11) is 0. The Balaban J connectivity index is 2.33. The van der Waals surface area contributed by atoms with E-state index in [1.807, 2.05) is 41.1 Å². The van der Waals surface area contributed by atoms with Gasteiger partial charge in [0.15, 0.2) is 0 Å². The molecule has 0 bridgehead atoms. The van der Waals surface area contributed by atoms with Crippen LogP contribution in [0.3, 0.4) is 0 Å². The zero-order valence-corrected chi connectivity index (χ0v) is 9.59. The highest BCUT2D eigenvalue weighted by Crippen LogP contribution is 2.24. The van der Waals surface area contributed by atoms with Crippen molar-refractivity contribution in [2.75, 3.05) is 5.73 Å². The molecule has 0 saturated heterocycles. The lowest BCUT2D eigenvalue weighted by Gasteiger charge is -2.05. The summed E-state index contributed by atoms with van der Waals surface area (Å²) < 4.78 is 2.03. The number of nitrogens with zero attached hydrogens (tertiary/aromatic N) is 2. The van der Waals surface area contributed by atoms with Gasteiger partial charge in [-0.25, -0.2) is 4.98 Å². The number of anilines is 1. The van der Waals surface area contributed by atoms with Gasteiger partial charge in [0.1, 0.15) is 5.82 Å². The predicted molar refractivity (Wildman–Crippen MR) is 69.8 cm³/mol. The van der Waals surface area contributed by atoms with Crippen LogP contribution in [0.1, 0.15) is 5.56 Å². The Hall–Kier alpha value is -2.29. The van der Waals surface area contributed by atoms with Crippen LogP contribution < -0.4 is 5.73 Å². The van der Waals surface area contributed by atoms with Crippen LogP contribution in [0.15, 0.2) is 48.8 Å². The van der Waals surface area contributed by atoms with Crippen LogP contribution in [0.5, 0.6) is 0 Å². The Kier molecular flexibility index (Phi) is 2.11. The maximum absolute atomic E-state index is 5.92. The van der Waals surface area contributed by atoms with Gasteiger partial charge in [0, 0.05) is 11.8 Å². The van der Waals surface area contributed by atoms with Crippen LogP contribution in [-0.2, 0) is 0 Å². The van der Waals surface area contributed by atoms with Crippen LogP contribution in [0.2, 0.25) is 0 Å². The second-order valence-corrected chi connectivity index (χ2v) is 4.12. The summed E-state index contributed by atoms with van der Waals surface area (Å²) in [5.74, 6) is 0.936. The van der Waals surface area contributed by atoms with Gasteiger partial charge < -0.3 is 5.73 Å². The summed E-state index contributed by atoms with van der Waals surface area (Å²) >= 11 is 0. The zero-order chi connectivity index (χ0) is 11.8. The van der Waals surface area contributed by atoms with E-state index in [9.17, 15) is 0 Å². The van der Waals surface area contributed by atoms with Crippen molar-refractivity contribution < 1.29 is 0 Å². The van der Waals surface area contributed by atoms with Crippen molar-refractivity contribution in [1.29, 1.82) is 0 Å². The molecule has 3 aromatic rings. The van der Waals surface area contributed by atoms with E-state index in [4.69, 9.17) is 5.73 Å². The maximum atomic E-state index is 5.92. The number of rotatable bonds is 1. The monoisotopic (exact) mass is 223 g/mol. The van der Waals surface area contributed by atoms with Crippen LogP contribution in [-0.4, -0.2) is 9.38 Å². The van der Waals surface area contributed by atoms with Crippen molar-refractivity contribution in [3.8, 4) is 11.4 Å². The molecule has 2 aromatic heterocycles. The van der Waals surface area contributed by atoms with Crippen molar-refractivity contribution in [2.24, 2.45) is 0 Å². The Labute approximate surface area is 99.5 Å². The molecule has 2 heterocycles. The van der Waals surface area contributed by atoms with Crippen LogP contribution in [0.4, 0.5) is 5.69 Å². The van der Waals surface area contributed by atoms with Gasteiger partial charge in [-0.3, -0.25) is 4.40 Å². The van der Waals surface area contributed by atoms with E-state index in [0.29, 0.717) is 0 Å². The van der Waals surface area contributed by atoms with Gasteiger partial charge in [0.05, 0.1) is 17.4 Å². The van der Waals surface area contributed by atoms with Gasteiger partial charge in [0.2, 0.25) is 0 Å². The maximum Gasteiger partial charge on any atom is 0.144 e. The lowest BCUT2D eigenvalue weighted by Crippen LogP contribution is -1.94. The average Bonchev–Trinajstić information content (AvgIpc) is 2.75. The van der Waals surface area contributed by atoms with Crippen molar-refractivity contribution in [3.05, 3.63) is 54.4 Å². The van der Waals surface area contributed by atoms with Crippen LogP contribution >= 0.6 is 0 Å². The highest BCUT2D eigenvalue weighted by atomic mass is 15.0. The number of benzene rings is 1. The Morgan fingerprint density at radius 2 is 1.94 bits per heavy atom. The number of aryl methyl sites for hydroxylation is 1. The van der Waals surface area contributed by atoms with Gasteiger partial charge in [-0.2, -0.15) is 0 Å². The highest BCUT2D eigenvalue weighted by molar-refractivity contribution is 5.74. The summed E-state index contributed by atoms with van der Waals surface area (Å²) in [4.78, 5) is 4.47. The topological polar surface area (TPSA) is 43.3 Å². The van der Waals surface area contributed by atoms with E-state index in [1.54, 1.807) is 0 Å². The summed E-state index contributed by atoms with van der Waals surface area (Å²) in [6.45, 7) is 2.09. The molecule has 0 aliphatic carbocycles. The summed E-state index contributed by atoms with van der Waals surface area (Å²) in [6, 6.07) is 12.0. The zero-order valence-electron chi connectivity index (χ0n) is 9.59. The standard InChI is InChI=1S/C14H13N3/c1-10-5-2-3-6-11(10)14-16-9-13-12(15)7-4-8-17(13)14/h2-9H,15H2,1H3. The van der Waals surface area contributed by atoms with Crippen molar-refractivity contribution in [2.45, 2.75) is 6.92 Å². The summed E-state index contributed by atoms with van der Waals surface area (Å²) in [5, 5.41) is 0. The summed E-state index contributed by atoms with van der Waals surface area (Å²) in [6.07, 6.45) is 3.80. The molecule has 1 aromatic carbocycles. The number of pyridine rings is 1. The smallest absolute Gasteiger partial charge is 0.144 e. The number of nitrogens with two attached hydrogens (primary N) is 1. The molecule has 0 unspecified atom stereocenters. The Bertz CT molecular complexity index is 683. The number of imidazole rings is 1. The third kappa shape index (κ3) is 1.47. The first-order valence-corrected chi connectivity index (χ1v) is 5.55. The number of hydrogen-bond donors (Lipinski definition) is 1. The molecule has 0 atom stereocenters. The first kappa shape index (κ1) is 9.90. The molecule has 0 saturated carbocycles. The molecule has 0 aliphatic heterocycles. The van der Waals surface area contributed by atoms with E-state index < -0.39 is 0 Å². The molecular formula is C14H13N3. The Morgan fingerprint density at radius 1 is 1.12 bits per heavy atom. The molecule has 0 radical (unpaired) electrons. The fourth-order valence-electron chi connectivity index (χ4n) is 2.07. The molecule has 0 fully saturated rings. The van der Waals surface area contributed by atoms with Crippen LogP contribution in [0, 0.1) is 6.92 Å². The highest BCUT2D eigenvalue weighted by Gasteiger charge is 2.09. The molecule has 3 rings (SSSR count). The van der Waals surface area contributed by atoms with Gasteiger partial charge in [0.25, 0.3) is 0 Å². The first-order chi connectivity index (χ1) is 8.27. The molecule has 17 heavy (non-hydrogen) atoms. The number of hydrogen-bond acceptors (Lipinski definition) is 2. The third-order valence-electron chi connectivity index (χ3n) is 2.99. The molecule has 2 N–H and O–H groups in total. The third-order valence-corrected chi connectivity index (χ3v) is 2.99. The van der Waals surface area contributed by atoms with Gasteiger partial charge >= 0.3 is 0 Å². The largest absolute Gasteiger partial charge is 0.397 e. The minimum atomic E-state index is 0.750. The van der Waals surface area contributed by atoms with Crippen molar-refractivity contribution in [3.63, 3.8) is 0 Å². The van der Waals surface area contributed by atoms with Crippen molar-refractivity contribution >= 4 is 11.2 Å². The normalized spacial score (nSPS) is 10.9. The minimum Gasteiger partial charge on any atom is -0.397 e. The van der Waals surface area contributed by atoms with Crippen molar-refractivity contribution in [1.82, 2.24) is 9.38 Å². The quantitative estimate of drug-likeness (QED) is 0.689. The fourth-order valence-corrected chi connectivity index (χ4v) is 2.07. The van der Waals surface area contributed by atoms with E-state index in [-0.39, 0.29) is 0 Å². The molecule has 0 spiro atoms. The van der Waals surface area contributed by atoms with Crippen LogP contribution in [0.25, 0.3) is 16.9 Å². The van der Waals surface area contributed by atoms with E-state index >= 15 is 0 Å². The SMILES string of the molecule is Cc1ccccc1-c1ncc2c(N)cccn12. The molecule has 0 aliphatic rings. The number of aromatic nitrogens is 2. The Morgan fingerprint density at radius 3 is 2.76 bits per heavy atom. The second kappa shape index (κ2) is 3.63. The molecule has 3 heteroatoms. The van der Waals surface area contributed by atoms with E-state index in [1.165, 1.54) is 5.56 Å². The van der Waals surface area contributed by atoms with E-state index in [0.717, 1.165) is 22.6 Å². The first-order valence-electron chi connectivity index (χ1n) is 5.55. The number of fused-ring (bicyclic) bond motifs is 1. The molecule has 3 nitrogen and oxygen atoms in total. The average molecular weight is 223 g/mol. The molecular weight excluding hydrogens is 210 g/mol. The molecule has 84 valence electrons. The lowest BCUT2D eigenvalue weighted by atomic mass is 10.1. The summed E-state index contributed by atoms with van der Waals surface area (Å²) in [5.41, 5.74) is 9.97. The lowest BCUT2D eigenvalue weighted by molar-refractivity contribution is 1.16. The number of nitrogen functional groups attached to an aromatic ring is 1. The second-order valence-electron chi connectivity index (χ2n) is 4.12. The fraction of sp³-hybridized carbons (Fsp3) is 0.0714. The van der Waals surface area contributed by atoms with E-state index in [2.05, 4.69) is 24.0 Å².